The Morgan fingerprint density at radius 2 is 2.07 bits per heavy atom. The molecule has 1 N–H and O–H groups in total. The normalized spacial score (nSPS) is 29.5. The first-order valence-electron chi connectivity index (χ1n) is 5.88. The second-order valence-corrected chi connectivity index (χ2v) is 4.81. The van der Waals surface area contributed by atoms with E-state index in [4.69, 9.17) is 0 Å². The lowest BCUT2D eigenvalue weighted by molar-refractivity contribution is 0.229. The highest BCUT2D eigenvalue weighted by molar-refractivity contribution is 5.51. The number of rotatable bonds is 1. The Labute approximate surface area is 91.3 Å². The van der Waals surface area contributed by atoms with Crippen molar-refractivity contribution in [1.29, 1.82) is 0 Å². The van der Waals surface area contributed by atoms with E-state index in [1.54, 1.807) is 0 Å². The van der Waals surface area contributed by atoms with Gasteiger partial charge >= 0.3 is 0 Å². The first kappa shape index (κ1) is 9.22. The van der Waals surface area contributed by atoms with Crippen molar-refractivity contribution in [1.82, 2.24) is 5.32 Å². The lowest BCUT2D eigenvalue weighted by atomic mass is 9.82. The van der Waals surface area contributed by atoms with Crippen LogP contribution in [0.15, 0.2) is 24.3 Å². The standard InChI is InChI=1S/C13H18N2/c1-10-2-4-12(5-3-10)15-9-11-6-7-14-8-13(11)15/h2-5,11,13-14H,6-9H2,1H3. The van der Waals surface area contributed by atoms with Crippen molar-refractivity contribution in [2.45, 2.75) is 19.4 Å². The predicted molar refractivity (Wildman–Crippen MR) is 63.3 cm³/mol. The number of hydrogen-bond donors (Lipinski definition) is 1. The van der Waals surface area contributed by atoms with Crippen LogP contribution in [0.3, 0.4) is 0 Å². The summed E-state index contributed by atoms with van der Waals surface area (Å²) < 4.78 is 0. The molecule has 0 bridgehead atoms. The largest absolute Gasteiger partial charge is 0.367 e. The van der Waals surface area contributed by atoms with Crippen molar-refractivity contribution in [2.75, 3.05) is 24.5 Å². The highest BCUT2D eigenvalue weighted by atomic mass is 15.3. The molecule has 2 unspecified atom stereocenters. The average Bonchev–Trinajstić information content (AvgIpc) is 2.23. The van der Waals surface area contributed by atoms with Crippen LogP contribution in [0.1, 0.15) is 12.0 Å². The van der Waals surface area contributed by atoms with E-state index in [-0.39, 0.29) is 0 Å². The molecule has 0 aromatic heterocycles. The Morgan fingerprint density at radius 1 is 1.27 bits per heavy atom. The van der Waals surface area contributed by atoms with Gasteiger partial charge in [-0.15, -0.1) is 0 Å². The number of aryl methyl sites for hydroxylation is 1. The molecule has 1 aromatic carbocycles. The third kappa shape index (κ3) is 1.53. The van der Waals surface area contributed by atoms with Crippen molar-refractivity contribution < 1.29 is 0 Å². The topological polar surface area (TPSA) is 15.3 Å². The summed E-state index contributed by atoms with van der Waals surface area (Å²) in [4.78, 5) is 2.54. The fraction of sp³-hybridized carbons (Fsp3) is 0.538. The van der Waals surface area contributed by atoms with Crippen LogP contribution in [0.5, 0.6) is 0 Å². The first-order valence-corrected chi connectivity index (χ1v) is 5.88. The molecule has 0 saturated carbocycles. The Morgan fingerprint density at radius 3 is 2.80 bits per heavy atom. The summed E-state index contributed by atoms with van der Waals surface area (Å²) in [6, 6.07) is 9.67. The summed E-state index contributed by atoms with van der Waals surface area (Å²) in [6.07, 6.45) is 1.35. The summed E-state index contributed by atoms with van der Waals surface area (Å²) in [5, 5.41) is 3.49. The Bertz CT molecular complexity index is 344. The van der Waals surface area contributed by atoms with Gasteiger partial charge in [-0.3, -0.25) is 0 Å². The van der Waals surface area contributed by atoms with Crippen LogP contribution >= 0.6 is 0 Å². The number of piperidine rings is 1. The minimum atomic E-state index is 0.751. The van der Waals surface area contributed by atoms with Crippen LogP contribution in [0.25, 0.3) is 0 Å². The highest BCUT2D eigenvalue weighted by Gasteiger charge is 2.39. The molecule has 2 heterocycles. The molecule has 2 heteroatoms. The maximum absolute atomic E-state index is 3.49. The van der Waals surface area contributed by atoms with E-state index in [0.717, 1.165) is 12.0 Å². The van der Waals surface area contributed by atoms with E-state index >= 15 is 0 Å². The quantitative estimate of drug-likeness (QED) is 0.747. The number of nitrogens with one attached hydrogen (secondary N) is 1. The molecular formula is C13H18N2. The highest BCUT2D eigenvalue weighted by Crippen LogP contribution is 2.34. The van der Waals surface area contributed by atoms with Crippen molar-refractivity contribution >= 4 is 5.69 Å². The van der Waals surface area contributed by atoms with Crippen molar-refractivity contribution in [3.05, 3.63) is 29.8 Å². The van der Waals surface area contributed by atoms with Gasteiger partial charge in [0.15, 0.2) is 0 Å². The maximum atomic E-state index is 3.49. The summed E-state index contributed by atoms with van der Waals surface area (Å²) in [5.41, 5.74) is 2.74. The fourth-order valence-corrected chi connectivity index (χ4v) is 2.76. The fourth-order valence-electron chi connectivity index (χ4n) is 2.76. The smallest absolute Gasteiger partial charge is 0.0460 e. The molecule has 80 valence electrons. The summed E-state index contributed by atoms with van der Waals surface area (Å²) in [7, 11) is 0. The van der Waals surface area contributed by atoms with E-state index < -0.39 is 0 Å². The van der Waals surface area contributed by atoms with Crippen molar-refractivity contribution in [3.63, 3.8) is 0 Å². The molecule has 2 nitrogen and oxygen atoms in total. The number of nitrogens with zero attached hydrogens (tertiary/aromatic N) is 1. The van der Waals surface area contributed by atoms with Crippen LogP contribution in [-0.4, -0.2) is 25.7 Å². The van der Waals surface area contributed by atoms with E-state index in [0.29, 0.717) is 0 Å². The molecule has 2 aliphatic rings. The van der Waals surface area contributed by atoms with E-state index in [9.17, 15) is 0 Å². The molecule has 2 saturated heterocycles. The second kappa shape index (κ2) is 3.53. The molecule has 0 radical (unpaired) electrons. The number of fused-ring (bicyclic) bond motifs is 1. The Balaban J connectivity index is 1.76. The third-order valence-electron chi connectivity index (χ3n) is 3.79. The van der Waals surface area contributed by atoms with Crippen molar-refractivity contribution in [2.24, 2.45) is 5.92 Å². The first-order chi connectivity index (χ1) is 7.34. The minimum absolute atomic E-state index is 0.751. The summed E-state index contributed by atoms with van der Waals surface area (Å²) in [5.74, 6) is 0.938. The zero-order chi connectivity index (χ0) is 10.3. The van der Waals surface area contributed by atoms with E-state index in [1.807, 2.05) is 0 Å². The van der Waals surface area contributed by atoms with Crippen LogP contribution < -0.4 is 10.2 Å². The van der Waals surface area contributed by atoms with Gasteiger partial charge in [0, 0.05) is 24.8 Å². The second-order valence-electron chi connectivity index (χ2n) is 4.81. The lowest BCUT2D eigenvalue weighted by Gasteiger charge is -2.52. The zero-order valence-electron chi connectivity index (χ0n) is 9.24. The molecule has 3 rings (SSSR count). The van der Waals surface area contributed by atoms with Crippen LogP contribution in [0.4, 0.5) is 5.69 Å². The Kier molecular flexibility index (Phi) is 2.17. The van der Waals surface area contributed by atoms with Gasteiger partial charge in [0.05, 0.1) is 0 Å². The number of benzene rings is 1. The summed E-state index contributed by atoms with van der Waals surface area (Å²) in [6.45, 7) is 5.78. The lowest BCUT2D eigenvalue weighted by Crippen LogP contribution is -2.63. The third-order valence-corrected chi connectivity index (χ3v) is 3.79. The SMILES string of the molecule is Cc1ccc(N2CC3CCNCC32)cc1. The number of anilines is 1. The van der Waals surface area contributed by atoms with Gasteiger partial charge in [-0.2, -0.15) is 0 Å². The molecule has 2 aliphatic heterocycles. The molecule has 0 spiro atoms. The van der Waals surface area contributed by atoms with Crippen LogP contribution in [0.2, 0.25) is 0 Å². The monoisotopic (exact) mass is 202 g/mol. The van der Waals surface area contributed by atoms with Gasteiger partial charge in [-0.05, 0) is 37.9 Å². The van der Waals surface area contributed by atoms with Crippen LogP contribution in [-0.2, 0) is 0 Å². The zero-order valence-corrected chi connectivity index (χ0v) is 9.24. The molecule has 2 fully saturated rings. The Hall–Kier alpha value is -1.02. The van der Waals surface area contributed by atoms with Gasteiger partial charge in [-0.1, -0.05) is 17.7 Å². The molecule has 15 heavy (non-hydrogen) atoms. The molecular weight excluding hydrogens is 184 g/mol. The molecule has 0 amide bonds. The minimum Gasteiger partial charge on any atom is -0.367 e. The number of hydrogen-bond acceptors (Lipinski definition) is 2. The van der Waals surface area contributed by atoms with Crippen molar-refractivity contribution in [3.8, 4) is 0 Å². The van der Waals surface area contributed by atoms with E-state index in [2.05, 4.69) is 41.4 Å². The predicted octanol–water partition coefficient (Wildman–Crippen LogP) is 1.79. The summed E-state index contributed by atoms with van der Waals surface area (Å²) >= 11 is 0. The van der Waals surface area contributed by atoms with Gasteiger partial charge in [0.25, 0.3) is 0 Å². The van der Waals surface area contributed by atoms with Gasteiger partial charge in [0.2, 0.25) is 0 Å². The molecule has 2 atom stereocenters. The van der Waals surface area contributed by atoms with Gasteiger partial charge in [-0.25, -0.2) is 0 Å². The molecule has 0 aliphatic carbocycles. The van der Waals surface area contributed by atoms with Crippen LogP contribution in [0, 0.1) is 12.8 Å². The van der Waals surface area contributed by atoms with Gasteiger partial charge in [0.1, 0.15) is 0 Å². The van der Waals surface area contributed by atoms with E-state index in [1.165, 1.54) is 37.3 Å². The maximum Gasteiger partial charge on any atom is 0.0460 e. The average molecular weight is 202 g/mol. The van der Waals surface area contributed by atoms with Gasteiger partial charge < -0.3 is 10.2 Å². The molecule has 1 aromatic rings.